The molecule has 1 aromatic rings. The summed E-state index contributed by atoms with van der Waals surface area (Å²) < 4.78 is 0. The molecule has 0 atom stereocenters. The second kappa shape index (κ2) is 7.40. The average molecular weight is 267 g/mol. The molecule has 0 aromatic carbocycles. The van der Waals surface area contributed by atoms with Crippen molar-refractivity contribution in [2.75, 3.05) is 25.4 Å². The molecule has 0 saturated heterocycles. The van der Waals surface area contributed by atoms with Gasteiger partial charge in [-0.05, 0) is 12.8 Å². The summed E-state index contributed by atoms with van der Waals surface area (Å²) >= 11 is 0. The van der Waals surface area contributed by atoms with Gasteiger partial charge in [-0.15, -0.1) is 0 Å². The highest BCUT2D eigenvalue weighted by atomic mass is 16.2. The number of nitrogens with one attached hydrogen (secondary N) is 2. The summed E-state index contributed by atoms with van der Waals surface area (Å²) in [5, 5.41) is 9.03. The SMILES string of the molecule is CCCNC(=O)CN(CCC)C(=O)c1cc(N)n[nH]1. The van der Waals surface area contributed by atoms with Crippen molar-refractivity contribution >= 4 is 17.6 Å². The van der Waals surface area contributed by atoms with E-state index in [-0.39, 0.29) is 24.2 Å². The van der Waals surface area contributed by atoms with Gasteiger partial charge in [0, 0.05) is 19.2 Å². The maximum absolute atomic E-state index is 12.2. The molecule has 0 unspecified atom stereocenters. The van der Waals surface area contributed by atoms with Crippen LogP contribution in [0.3, 0.4) is 0 Å². The van der Waals surface area contributed by atoms with Crippen LogP contribution in [0.1, 0.15) is 37.2 Å². The Labute approximate surface area is 112 Å². The van der Waals surface area contributed by atoms with E-state index in [9.17, 15) is 9.59 Å². The molecule has 2 amide bonds. The van der Waals surface area contributed by atoms with Crippen molar-refractivity contribution in [3.63, 3.8) is 0 Å². The lowest BCUT2D eigenvalue weighted by molar-refractivity contribution is -0.121. The van der Waals surface area contributed by atoms with E-state index in [1.54, 1.807) is 0 Å². The molecule has 7 nitrogen and oxygen atoms in total. The van der Waals surface area contributed by atoms with Gasteiger partial charge in [-0.25, -0.2) is 0 Å². The molecule has 7 heteroatoms. The van der Waals surface area contributed by atoms with E-state index < -0.39 is 0 Å². The number of aromatic amines is 1. The molecular weight excluding hydrogens is 246 g/mol. The van der Waals surface area contributed by atoms with E-state index in [0.717, 1.165) is 12.8 Å². The molecular formula is C12H21N5O2. The second-order valence-corrected chi connectivity index (χ2v) is 4.28. The summed E-state index contributed by atoms with van der Waals surface area (Å²) in [4.78, 5) is 25.3. The Bertz CT molecular complexity index is 430. The molecule has 19 heavy (non-hydrogen) atoms. The molecule has 0 radical (unpaired) electrons. The van der Waals surface area contributed by atoms with Gasteiger partial charge in [-0.2, -0.15) is 5.10 Å². The Morgan fingerprint density at radius 1 is 1.42 bits per heavy atom. The number of carbonyl (C=O) groups is 2. The van der Waals surface area contributed by atoms with E-state index in [2.05, 4.69) is 15.5 Å². The minimum Gasteiger partial charge on any atom is -0.382 e. The van der Waals surface area contributed by atoms with Crippen LogP contribution in [0.25, 0.3) is 0 Å². The molecule has 0 aliphatic rings. The number of nitrogens with zero attached hydrogens (tertiary/aromatic N) is 2. The summed E-state index contributed by atoms with van der Waals surface area (Å²) in [6, 6.07) is 1.47. The molecule has 0 aliphatic carbocycles. The lowest BCUT2D eigenvalue weighted by Crippen LogP contribution is -2.41. The predicted octanol–water partition coefficient (Wildman–Crippen LogP) is 0.370. The summed E-state index contributed by atoms with van der Waals surface area (Å²) in [6.45, 7) is 5.10. The molecule has 1 rings (SSSR count). The quantitative estimate of drug-likeness (QED) is 0.664. The first kappa shape index (κ1) is 15.0. The van der Waals surface area contributed by atoms with Crippen molar-refractivity contribution in [1.29, 1.82) is 0 Å². The van der Waals surface area contributed by atoms with Gasteiger partial charge in [0.05, 0.1) is 6.54 Å². The van der Waals surface area contributed by atoms with Crippen molar-refractivity contribution in [1.82, 2.24) is 20.4 Å². The smallest absolute Gasteiger partial charge is 0.272 e. The number of amides is 2. The van der Waals surface area contributed by atoms with Gasteiger partial charge < -0.3 is 16.0 Å². The number of nitrogens with two attached hydrogens (primary N) is 1. The van der Waals surface area contributed by atoms with Gasteiger partial charge >= 0.3 is 0 Å². The number of carbonyl (C=O) groups excluding carboxylic acids is 2. The zero-order valence-electron chi connectivity index (χ0n) is 11.4. The Morgan fingerprint density at radius 3 is 2.68 bits per heavy atom. The van der Waals surface area contributed by atoms with Gasteiger partial charge in [0.15, 0.2) is 0 Å². The fraction of sp³-hybridized carbons (Fsp3) is 0.583. The number of anilines is 1. The monoisotopic (exact) mass is 267 g/mol. The van der Waals surface area contributed by atoms with E-state index in [0.29, 0.717) is 18.8 Å². The van der Waals surface area contributed by atoms with Crippen molar-refractivity contribution in [2.45, 2.75) is 26.7 Å². The van der Waals surface area contributed by atoms with Gasteiger partial charge in [0.25, 0.3) is 5.91 Å². The van der Waals surface area contributed by atoms with Crippen molar-refractivity contribution in [3.05, 3.63) is 11.8 Å². The molecule has 0 aliphatic heterocycles. The number of hydrogen-bond donors (Lipinski definition) is 3. The summed E-state index contributed by atoms with van der Waals surface area (Å²) in [5.74, 6) is -0.163. The molecule has 1 aromatic heterocycles. The zero-order chi connectivity index (χ0) is 14.3. The van der Waals surface area contributed by atoms with Gasteiger partial charge in [-0.3, -0.25) is 14.7 Å². The number of nitrogen functional groups attached to an aromatic ring is 1. The van der Waals surface area contributed by atoms with Crippen molar-refractivity contribution in [3.8, 4) is 0 Å². The van der Waals surface area contributed by atoms with E-state index >= 15 is 0 Å². The van der Waals surface area contributed by atoms with Crippen LogP contribution >= 0.6 is 0 Å². The number of H-pyrrole nitrogens is 1. The van der Waals surface area contributed by atoms with Crippen LogP contribution < -0.4 is 11.1 Å². The normalized spacial score (nSPS) is 10.2. The van der Waals surface area contributed by atoms with Crippen LogP contribution in [0.4, 0.5) is 5.82 Å². The Kier molecular flexibility index (Phi) is 5.84. The third-order valence-corrected chi connectivity index (χ3v) is 2.52. The molecule has 4 N–H and O–H groups in total. The van der Waals surface area contributed by atoms with Gasteiger partial charge in [-0.1, -0.05) is 13.8 Å². The van der Waals surface area contributed by atoms with Crippen LogP contribution in [-0.2, 0) is 4.79 Å². The standard InChI is InChI=1S/C12H21N5O2/c1-3-5-14-11(18)8-17(6-4-2)12(19)9-7-10(13)16-15-9/h7H,3-6,8H2,1-2H3,(H,14,18)(H3,13,15,16). The van der Waals surface area contributed by atoms with Gasteiger partial charge in [0.2, 0.25) is 5.91 Å². The Balaban J connectivity index is 2.66. The average Bonchev–Trinajstić information content (AvgIpc) is 2.81. The first-order valence-corrected chi connectivity index (χ1v) is 6.45. The van der Waals surface area contributed by atoms with Crippen LogP contribution in [0, 0.1) is 0 Å². The van der Waals surface area contributed by atoms with Gasteiger partial charge in [0.1, 0.15) is 11.5 Å². The minimum absolute atomic E-state index is 0.0472. The third-order valence-electron chi connectivity index (χ3n) is 2.52. The number of rotatable bonds is 7. The van der Waals surface area contributed by atoms with Crippen LogP contribution in [-0.4, -0.2) is 46.5 Å². The van der Waals surface area contributed by atoms with E-state index in [1.165, 1.54) is 11.0 Å². The highest BCUT2D eigenvalue weighted by Gasteiger charge is 2.19. The fourth-order valence-electron chi connectivity index (χ4n) is 1.63. The molecule has 0 spiro atoms. The van der Waals surface area contributed by atoms with E-state index in [4.69, 9.17) is 5.73 Å². The van der Waals surface area contributed by atoms with E-state index in [1.807, 2.05) is 13.8 Å². The first-order valence-electron chi connectivity index (χ1n) is 6.45. The van der Waals surface area contributed by atoms with Crippen LogP contribution in [0.5, 0.6) is 0 Å². The zero-order valence-corrected chi connectivity index (χ0v) is 11.4. The molecule has 1 heterocycles. The number of aromatic nitrogens is 2. The highest BCUT2D eigenvalue weighted by Crippen LogP contribution is 2.05. The largest absolute Gasteiger partial charge is 0.382 e. The summed E-state index contributed by atoms with van der Waals surface area (Å²) in [5.41, 5.74) is 5.77. The van der Waals surface area contributed by atoms with Crippen molar-refractivity contribution < 1.29 is 9.59 Å². The van der Waals surface area contributed by atoms with Crippen LogP contribution in [0.2, 0.25) is 0 Å². The Hall–Kier alpha value is -2.05. The third kappa shape index (κ3) is 4.61. The lowest BCUT2D eigenvalue weighted by Gasteiger charge is -2.20. The van der Waals surface area contributed by atoms with Crippen molar-refractivity contribution in [2.24, 2.45) is 0 Å². The fourth-order valence-corrected chi connectivity index (χ4v) is 1.63. The molecule has 0 bridgehead atoms. The first-order chi connectivity index (χ1) is 9.08. The molecule has 0 saturated carbocycles. The van der Waals surface area contributed by atoms with Crippen LogP contribution in [0.15, 0.2) is 6.07 Å². The predicted molar refractivity (Wildman–Crippen MR) is 72.5 cm³/mol. The molecule has 0 fully saturated rings. The molecule has 106 valence electrons. The number of hydrogen-bond acceptors (Lipinski definition) is 4. The topological polar surface area (TPSA) is 104 Å². The maximum Gasteiger partial charge on any atom is 0.272 e. The second-order valence-electron chi connectivity index (χ2n) is 4.28. The summed E-state index contributed by atoms with van der Waals surface area (Å²) in [6.07, 6.45) is 1.64. The Morgan fingerprint density at radius 2 is 2.16 bits per heavy atom. The lowest BCUT2D eigenvalue weighted by atomic mass is 10.3. The summed E-state index contributed by atoms with van der Waals surface area (Å²) in [7, 11) is 0. The highest BCUT2D eigenvalue weighted by molar-refractivity contribution is 5.95. The maximum atomic E-state index is 12.2. The minimum atomic E-state index is -0.266.